The molecule has 0 radical (unpaired) electrons. The Labute approximate surface area is 115 Å². The third-order valence-electron chi connectivity index (χ3n) is 2.62. The predicted molar refractivity (Wildman–Crippen MR) is 72.0 cm³/mol. The normalized spacial score (nSPS) is 13.8. The van der Waals surface area contributed by atoms with Crippen LogP contribution in [0.4, 0.5) is 10.5 Å². The average Bonchev–Trinajstić information content (AvgIpc) is 2.77. The van der Waals surface area contributed by atoms with E-state index in [1.807, 2.05) is 13.0 Å². The summed E-state index contributed by atoms with van der Waals surface area (Å²) in [4.78, 5) is 22.5. The lowest BCUT2D eigenvalue weighted by Crippen LogP contribution is -2.28. The molecule has 0 aliphatic carbocycles. The minimum atomic E-state index is -0.449. The molecule has 1 aliphatic rings. The van der Waals surface area contributed by atoms with E-state index in [0.717, 1.165) is 12.0 Å². The lowest BCUT2D eigenvalue weighted by molar-refractivity contribution is -0.134. The number of carbonyl (C=O) groups is 2. The van der Waals surface area contributed by atoms with Crippen LogP contribution in [0.1, 0.15) is 12.5 Å². The van der Waals surface area contributed by atoms with Gasteiger partial charge in [-0.25, -0.2) is 9.59 Å². The van der Waals surface area contributed by atoms with Gasteiger partial charge in [-0.3, -0.25) is 0 Å². The molecular weight excluding hydrogens is 268 g/mol. The highest BCUT2D eigenvalue weighted by atomic mass is 35.5. The fourth-order valence-electron chi connectivity index (χ4n) is 1.68. The molecule has 0 spiro atoms. The Kier molecular flexibility index (Phi) is 4.06. The molecule has 0 unspecified atom stereocenters. The van der Waals surface area contributed by atoms with Crippen molar-refractivity contribution in [3.05, 3.63) is 40.6 Å². The van der Waals surface area contributed by atoms with Crippen LogP contribution in [0.5, 0.6) is 0 Å². The molecule has 0 saturated carbocycles. The molecule has 0 atom stereocenters. The second kappa shape index (κ2) is 5.75. The Morgan fingerprint density at radius 3 is 2.84 bits per heavy atom. The number of nitrogens with one attached hydrogen (secondary N) is 2. The van der Waals surface area contributed by atoms with Gasteiger partial charge in [-0.2, -0.15) is 0 Å². The van der Waals surface area contributed by atoms with Gasteiger partial charge in [0.2, 0.25) is 0 Å². The molecule has 100 valence electrons. The standard InChI is InChI=1S/C13H13ClN2O3/c1-2-8-5-9(3-4-11(8)14)15-13(18)16-10-6-12(17)19-7-10/h3-6H,2,7H2,1H3,(H2,15,16,18). The van der Waals surface area contributed by atoms with Crippen LogP contribution >= 0.6 is 11.6 Å². The summed E-state index contributed by atoms with van der Waals surface area (Å²) in [7, 11) is 0. The lowest BCUT2D eigenvalue weighted by Gasteiger charge is -2.09. The molecule has 0 aromatic heterocycles. The van der Waals surface area contributed by atoms with Crippen molar-refractivity contribution in [2.75, 3.05) is 11.9 Å². The fourth-order valence-corrected chi connectivity index (χ4v) is 1.93. The van der Waals surface area contributed by atoms with Gasteiger partial charge in [-0.05, 0) is 30.2 Å². The zero-order chi connectivity index (χ0) is 13.8. The smallest absolute Gasteiger partial charge is 0.333 e. The van der Waals surface area contributed by atoms with Gasteiger partial charge in [-0.1, -0.05) is 18.5 Å². The Balaban J connectivity index is 1.99. The van der Waals surface area contributed by atoms with Gasteiger partial charge >= 0.3 is 12.0 Å². The zero-order valence-electron chi connectivity index (χ0n) is 10.3. The number of hydrogen-bond acceptors (Lipinski definition) is 3. The number of carbonyl (C=O) groups excluding carboxylic acids is 2. The summed E-state index contributed by atoms with van der Waals surface area (Å²) in [6, 6.07) is 4.84. The summed E-state index contributed by atoms with van der Waals surface area (Å²) < 4.78 is 4.68. The van der Waals surface area contributed by atoms with Crippen molar-refractivity contribution in [2.24, 2.45) is 0 Å². The van der Waals surface area contributed by atoms with Crippen LogP contribution in [0.15, 0.2) is 30.0 Å². The Morgan fingerprint density at radius 2 is 2.21 bits per heavy atom. The third-order valence-corrected chi connectivity index (χ3v) is 2.99. The maximum absolute atomic E-state index is 11.7. The first-order chi connectivity index (χ1) is 9.08. The van der Waals surface area contributed by atoms with Crippen LogP contribution in [0.2, 0.25) is 5.02 Å². The summed E-state index contributed by atoms with van der Waals surface area (Å²) in [5.74, 6) is -0.449. The minimum absolute atomic E-state index is 0.0904. The van der Waals surface area contributed by atoms with Crippen molar-refractivity contribution in [1.29, 1.82) is 0 Å². The number of esters is 1. The van der Waals surface area contributed by atoms with E-state index < -0.39 is 12.0 Å². The predicted octanol–water partition coefficient (Wildman–Crippen LogP) is 2.46. The molecule has 6 heteroatoms. The highest BCUT2D eigenvalue weighted by Crippen LogP contribution is 2.21. The van der Waals surface area contributed by atoms with Crippen molar-refractivity contribution in [1.82, 2.24) is 5.32 Å². The summed E-state index contributed by atoms with van der Waals surface area (Å²) in [6.07, 6.45) is 2.03. The monoisotopic (exact) mass is 280 g/mol. The number of hydrogen-bond donors (Lipinski definition) is 2. The largest absolute Gasteiger partial charge is 0.456 e. The highest BCUT2D eigenvalue weighted by molar-refractivity contribution is 6.31. The van der Waals surface area contributed by atoms with E-state index in [1.54, 1.807) is 12.1 Å². The zero-order valence-corrected chi connectivity index (χ0v) is 11.1. The van der Waals surface area contributed by atoms with Gasteiger partial charge in [-0.15, -0.1) is 0 Å². The first kappa shape index (κ1) is 13.4. The lowest BCUT2D eigenvalue weighted by atomic mass is 10.1. The molecule has 2 N–H and O–H groups in total. The summed E-state index contributed by atoms with van der Waals surface area (Å²) >= 11 is 5.99. The van der Waals surface area contributed by atoms with Crippen molar-refractivity contribution in [3.63, 3.8) is 0 Å². The van der Waals surface area contributed by atoms with Gasteiger partial charge in [0.05, 0.1) is 5.70 Å². The van der Waals surface area contributed by atoms with Gasteiger partial charge in [0.25, 0.3) is 0 Å². The quantitative estimate of drug-likeness (QED) is 0.836. The molecule has 1 heterocycles. The van der Waals surface area contributed by atoms with Crippen LogP contribution < -0.4 is 10.6 Å². The number of anilines is 1. The third kappa shape index (κ3) is 3.48. The van der Waals surface area contributed by atoms with E-state index in [-0.39, 0.29) is 6.61 Å². The first-order valence-corrected chi connectivity index (χ1v) is 6.20. The summed E-state index contributed by atoms with van der Waals surface area (Å²) in [6.45, 7) is 2.07. The van der Waals surface area contributed by atoms with Gasteiger partial charge < -0.3 is 15.4 Å². The van der Waals surface area contributed by atoms with Gasteiger partial charge in [0.15, 0.2) is 0 Å². The molecule has 1 aliphatic heterocycles. The molecule has 2 rings (SSSR count). The number of aryl methyl sites for hydroxylation is 1. The SMILES string of the molecule is CCc1cc(NC(=O)NC2=CC(=O)OC2)ccc1Cl. The maximum Gasteiger partial charge on any atom is 0.333 e. The van der Waals surface area contributed by atoms with E-state index in [0.29, 0.717) is 16.4 Å². The van der Waals surface area contributed by atoms with Crippen molar-refractivity contribution < 1.29 is 14.3 Å². The van der Waals surface area contributed by atoms with Crippen molar-refractivity contribution in [2.45, 2.75) is 13.3 Å². The number of rotatable bonds is 3. The van der Waals surface area contributed by atoms with Crippen LogP contribution in [0, 0.1) is 0 Å². The second-order valence-electron chi connectivity index (χ2n) is 4.02. The Hall–Kier alpha value is -2.01. The van der Waals surface area contributed by atoms with Crippen LogP contribution in [-0.4, -0.2) is 18.6 Å². The molecular formula is C13H13ClN2O3. The number of ether oxygens (including phenoxy) is 1. The van der Waals surface area contributed by atoms with E-state index >= 15 is 0 Å². The number of halogens is 1. The highest BCUT2D eigenvalue weighted by Gasteiger charge is 2.15. The van der Waals surface area contributed by atoms with Gasteiger partial charge in [0, 0.05) is 16.8 Å². The molecule has 2 amide bonds. The van der Waals surface area contributed by atoms with Crippen LogP contribution in [-0.2, 0) is 16.0 Å². The van der Waals surface area contributed by atoms with Gasteiger partial charge in [0.1, 0.15) is 6.61 Å². The Morgan fingerprint density at radius 1 is 1.42 bits per heavy atom. The number of benzene rings is 1. The van der Waals surface area contributed by atoms with Crippen LogP contribution in [0.25, 0.3) is 0 Å². The van der Waals surface area contributed by atoms with Crippen molar-refractivity contribution >= 4 is 29.3 Å². The van der Waals surface area contributed by atoms with Crippen molar-refractivity contribution in [3.8, 4) is 0 Å². The second-order valence-corrected chi connectivity index (χ2v) is 4.42. The maximum atomic E-state index is 11.7. The first-order valence-electron chi connectivity index (χ1n) is 5.82. The molecule has 0 fully saturated rings. The van der Waals surface area contributed by atoms with E-state index in [2.05, 4.69) is 15.4 Å². The fraction of sp³-hybridized carbons (Fsp3) is 0.231. The average molecular weight is 281 g/mol. The topological polar surface area (TPSA) is 67.4 Å². The van der Waals surface area contributed by atoms with Crippen LogP contribution in [0.3, 0.4) is 0 Å². The van der Waals surface area contributed by atoms with E-state index in [9.17, 15) is 9.59 Å². The molecule has 0 bridgehead atoms. The molecule has 0 saturated heterocycles. The summed E-state index contributed by atoms with van der Waals surface area (Å²) in [5.41, 5.74) is 2.04. The van der Waals surface area contributed by atoms with E-state index in [1.165, 1.54) is 6.08 Å². The molecule has 1 aromatic rings. The van der Waals surface area contributed by atoms with E-state index in [4.69, 9.17) is 11.6 Å². The summed E-state index contributed by atoms with van der Waals surface area (Å²) in [5, 5.41) is 5.88. The Bertz CT molecular complexity index is 555. The molecule has 1 aromatic carbocycles. The number of urea groups is 1. The number of amides is 2. The molecule has 19 heavy (non-hydrogen) atoms. The molecule has 5 nitrogen and oxygen atoms in total. The minimum Gasteiger partial charge on any atom is -0.456 e. The number of cyclic esters (lactones) is 1.